The molecule has 1 saturated heterocycles. The summed E-state index contributed by atoms with van der Waals surface area (Å²) in [5, 5.41) is 5.53. The number of hydrogen-bond acceptors (Lipinski definition) is 5. The topological polar surface area (TPSA) is 91.4 Å². The van der Waals surface area contributed by atoms with Gasteiger partial charge in [0.1, 0.15) is 5.82 Å². The second-order valence-corrected chi connectivity index (χ2v) is 8.22. The summed E-state index contributed by atoms with van der Waals surface area (Å²) >= 11 is 1.39. The molecule has 0 aliphatic carbocycles. The molecule has 2 N–H and O–H groups in total. The highest BCUT2D eigenvalue weighted by Gasteiger charge is 2.29. The highest BCUT2D eigenvalue weighted by atomic mass is 32.1. The van der Waals surface area contributed by atoms with Crippen LogP contribution in [0.25, 0.3) is 0 Å². The number of hydrogen-bond donors (Lipinski definition) is 2. The van der Waals surface area contributed by atoms with E-state index < -0.39 is 0 Å². The predicted octanol–water partition coefficient (Wildman–Crippen LogP) is 2.37. The van der Waals surface area contributed by atoms with Crippen LogP contribution in [0.3, 0.4) is 0 Å². The first-order chi connectivity index (χ1) is 13.4. The summed E-state index contributed by atoms with van der Waals surface area (Å²) in [4.78, 5) is 44.7. The summed E-state index contributed by atoms with van der Waals surface area (Å²) < 4.78 is 0. The van der Waals surface area contributed by atoms with Crippen molar-refractivity contribution in [1.29, 1.82) is 0 Å². The molecule has 1 fully saturated rings. The van der Waals surface area contributed by atoms with Crippen molar-refractivity contribution in [1.82, 2.24) is 15.2 Å². The van der Waals surface area contributed by atoms with Crippen molar-refractivity contribution in [3.8, 4) is 0 Å². The van der Waals surface area contributed by atoms with Crippen molar-refractivity contribution in [3.63, 3.8) is 0 Å². The molecular weight excluding hydrogens is 376 g/mol. The minimum Gasteiger partial charge on any atom is -0.342 e. The van der Waals surface area contributed by atoms with Gasteiger partial charge >= 0.3 is 0 Å². The van der Waals surface area contributed by atoms with E-state index >= 15 is 0 Å². The number of carbonyl (C=O) groups is 3. The van der Waals surface area contributed by atoms with Gasteiger partial charge < -0.3 is 15.5 Å². The third kappa shape index (κ3) is 4.95. The van der Waals surface area contributed by atoms with Crippen LogP contribution in [0.5, 0.6) is 0 Å². The Kier molecular flexibility index (Phi) is 6.41. The molecule has 1 atom stereocenters. The van der Waals surface area contributed by atoms with Crippen molar-refractivity contribution in [2.45, 2.75) is 26.7 Å². The number of pyridine rings is 1. The number of aromatic nitrogens is 1. The minimum absolute atomic E-state index is 0.0660. The predicted molar refractivity (Wildman–Crippen MR) is 108 cm³/mol. The van der Waals surface area contributed by atoms with Crippen molar-refractivity contribution < 1.29 is 14.4 Å². The van der Waals surface area contributed by atoms with Gasteiger partial charge in [0.15, 0.2) is 0 Å². The molecule has 28 heavy (non-hydrogen) atoms. The molecule has 3 heterocycles. The van der Waals surface area contributed by atoms with Gasteiger partial charge in [-0.3, -0.25) is 14.4 Å². The van der Waals surface area contributed by atoms with Gasteiger partial charge in [0.2, 0.25) is 11.8 Å². The van der Waals surface area contributed by atoms with E-state index in [1.54, 1.807) is 17.2 Å². The lowest BCUT2D eigenvalue weighted by atomic mass is 9.97. The van der Waals surface area contributed by atoms with Gasteiger partial charge in [-0.1, -0.05) is 6.07 Å². The maximum absolute atomic E-state index is 12.6. The summed E-state index contributed by atoms with van der Waals surface area (Å²) in [6, 6.07) is 7.33. The number of nitrogens with one attached hydrogen (secondary N) is 2. The Bertz CT molecular complexity index is 880. The summed E-state index contributed by atoms with van der Waals surface area (Å²) in [6.07, 6.45) is 3.11. The first-order valence-corrected chi connectivity index (χ1v) is 10.1. The van der Waals surface area contributed by atoms with E-state index in [0.29, 0.717) is 23.8 Å². The van der Waals surface area contributed by atoms with Gasteiger partial charge in [0.25, 0.3) is 5.91 Å². The molecule has 3 rings (SSSR count). The van der Waals surface area contributed by atoms with Crippen LogP contribution in [0.15, 0.2) is 30.5 Å². The fourth-order valence-corrected chi connectivity index (χ4v) is 3.95. The van der Waals surface area contributed by atoms with Crippen LogP contribution in [0, 0.1) is 19.8 Å². The van der Waals surface area contributed by atoms with Crippen LogP contribution in [0.4, 0.5) is 5.82 Å². The number of thiophene rings is 1. The van der Waals surface area contributed by atoms with E-state index in [1.807, 2.05) is 32.0 Å². The maximum atomic E-state index is 12.6. The number of piperidine rings is 1. The van der Waals surface area contributed by atoms with Gasteiger partial charge in [0.05, 0.1) is 17.3 Å². The lowest BCUT2D eigenvalue weighted by Crippen LogP contribution is -2.47. The Morgan fingerprint density at radius 1 is 1.25 bits per heavy atom. The van der Waals surface area contributed by atoms with Crippen molar-refractivity contribution in [2.75, 3.05) is 25.0 Å². The van der Waals surface area contributed by atoms with Crippen LogP contribution >= 0.6 is 11.3 Å². The monoisotopic (exact) mass is 400 g/mol. The Morgan fingerprint density at radius 2 is 2.07 bits per heavy atom. The normalized spacial score (nSPS) is 16.5. The van der Waals surface area contributed by atoms with Crippen molar-refractivity contribution in [3.05, 3.63) is 45.8 Å². The lowest BCUT2D eigenvalue weighted by molar-refractivity contribution is -0.133. The Labute approximate surface area is 168 Å². The zero-order valence-corrected chi connectivity index (χ0v) is 16.8. The average Bonchev–Trinajstić information content (AvgIpc) is 3.14. The first kappa shape index (κ1) is 20.0. The molecule has 1 unspecified atom stereocenters. The summed E-state index contributed by atoms with van der Waals surface area (Å²) in [5.74, 6) is -0.280. The van der Waals surface area contributed by atoms with E-state index in [-0.39, 0.29) is 30.2 Å². The van der Waals surface area contributed by atoms with Gasteiger partial charge in [-0.25, -0.2) is 4.98 Å². The molecule has 0 radical (unpaired) electrons. The molecule has 0 bridgehead atoms. The fraction of sp³-hybridized carbons (Fsp3) is 0.400. The van der Waals surface area contributed by atoms with Crippen LogP contribution < -0.4 is 10.6 Å². The highest BCUT2D eigenvalue weighted by molar-refractivity contribution is 7.13. The molecular formula is C20H24N4O3S. The third-order valence-corrected chi connectivity index (χ3v) is 5.76. The molecule has 1 aliphatic rings. The Balaban J connectivity index is 1.52. The molecule has 8 heteroatoms. The zero-order chi connectivity index (χ0) is 20.1. The molecule has 148 valence electrons. The number of aryl methyl sites for hydroxylation is 2. The molecule has 0 aromatic carbocycles. The number of likely N-dealkylation sites (tertiary alicyclic amines) is 1. The smallest absolute Gasteiger partial charge is 0.261 e. The Morgan fingerprint density at radius 3 is 2.79 bits per heavy atom. The lowest BCUT2D eigenvalue weighted by Gasteiger charge is -2.32. The molecule has 7 nitrogen and oxygen atoms in total. The standard InChI is InChI=1S/C20H24N4O3S/c1-13-5-3-9-21-18(13)23-19(26)15-6-4-10-24(12-15)17(25)11-22-20(27)16-8-7-14(2)28-16/h3,5,7-9,15H,4,6,10-12H2,1-2H3,(H,22,27)(H,21,23,26). The van der Waals surface area contributed by atoms with Crippen LogP contribution in [-0.4, -0.2) is 47.2 Å². The molecule has 3 amide bonds. The largest absolute Gasteiger partial charge is 0.342 e. The second-order valence-electron chi connectivity index (χ2n) is 6.93. The van der Waals surface area contributed by atoms with Gasteiger partial charge in [0, 0.05) is 24.2 Å². The van der Waals surface area contributed by atoms with Gasteiger partial charge in [-0.2, -0.15) is 0 Å². The maximum Gasteiger partial charge on any atom is 0.261 e. The van der Waals surface area contributed by atoms with E-state index in [1.165, 1.54) is 11.3 Å². The van der Waals surface area contributed by atoms with E-state index in [2.05, 4.69) is 15.6 Å². The van der Waals surface area contributed by atoms with Gasteiger partial charge in [-0.15, -0.1) is 11.3 Å². The number of rotatable bonds is 5. The quantitative estimate of drug-likeness (QED) is 0.806. The number of nitrogens with zero attached hydrogens (tertiary/aromatic N) is 2. The third-order valence-electron chi connectivity index (χ3n) is 4.76. The van der Waals surface area contributed by atoms with Crippen molar-refractivity contribution >= 4 is 34.9 Å². The van der Waals surface area contributed by atoms with Crippen LogP contribution in [-0.2, 0) is 9.59 Å². The summed E-state index contributed by atoms with van der Waals surface area (Å²) in [7, 11) is 0. The number of amides is 3. The summed E-state index contributed by atoms with van der Waals surface area (Å²) in [6.45, 7) is 4.70. The summed E-state index contributed by atoms with van der Waals surface area (Å²) in [5.41, 5.74) is 0.895. The van der Waals surface area contributed by atoms with Crippen LogP contribution in [0.1, 0.15) is 33.0 Å². The van der Waals surface area contributed by atoms with E-state index in [4.69, 9.17) is 0 Å². The van der Waals surface area contributed by atoms with Crippen molar-refractivity contribution in [2.24, 2.45) is 5.92 Å². The second kappa shape index (κ2) is 8.97. The van der Waals surface area contributed by atoms with Crippen LogP contribution in [0.2, 0.25) is 0 Å². The molecule has 0 saturated carbocycles. The fourth-order valence-electron chi connectivity index (χ4n) is 3.16. The molecule has 0 spiro atoms. The van der Waals surface area contributed by atoms with E-state index in [9.17, 15) is 14.4 Å². The average molecular weight is 401 g/mol. The highest BCUT2D eigenvalue weighted by Crippen LogP contribution is 2.19. The number of carbonyl (C=O) groups excluding carboxylic acids is 3. The molecule has 1 aliphatic heterocycles. The molecule has 2 aromatic rings. The Hall–Kier alpha value is -2.74. The SMILES string of the molecule is Cc1ccc(C(=O)NCC(=O)N2CCCC(C(=O)Nc3ncccc3C)C2)s1. The molecule has 2 aromatic heterocycles. The van der Waals surface area contributed by atoms with E-state index in [0.717, 1.165) is 23.3 Å². The minimum atomic E-state index is -0.283. The zero-order valence-electron chi connectivity index (χ0n) is 16.0. The van der Waals surface area contributed by atoms with Gasteiger partial charge in [-0.05, 0) is 50.5 Å². The number of anilines is 1. The first-order valence-electron chi connectivity index (χ1n) is 9.29.